The molecule has 0 saturated heterocycles. The molecule has 0 bridgehead atoms. The van der Waals surface area contributed by atoms with Crippen LogP contribution in [-0.2, 0) is 11.3 Å². The quantitative estimate of drug-likeness (QED) is 0.563. The second kappa shape index (κ2) is 9.89. The molecule has 148 valence electrons. The number of para-hydroxylation sites is 1. The SMILES string of the molecule is CN(Cc1ccccc1)C(=O)c1ccccc1OCC(=O)Nc1ccc(Br)cc1. The predicted octanol–water partition coefficient (Wildman–Crippen LogP) is 4.74. The van der Waals surface area contributed by atoms with Gasteiger partial charge in [0.25, 0.3) is 11.8 Å². The molecule has 3 aromatic rings. The lowest BCUT2D eigenvalue weighted by Crippen LogP contribution is -2.27. The maximum absolute atomic E-state index is 12.9. The van der Waals surface area contributed by atoms with Crippen LogP contribution in [0.2, 0.25) is 0 Å². The van der Waals surface area contributed by atoms with Gasteiger partial charge in [-0.05, 0) is 42.0 Å². The Kier molecular flexibility index (Phi) is 7.03. The molecule has 0 saturated carbocycles. The molecule has 2 amide bonds. The zero-order chi connectivity index (χ0) is 20.6. The number of ether oxygens (including phenoxy) is 1. The van der Waals surface area contributed by atoms with Crippen LogP contribution in [0.5, 0.6) is 5.75 Å². The first-order chi connectivity index (χ1) is 14.0. The molecule has 0 heterocycles. The van der Waals surface area contributed by atoms with E-state index in [4.69, 9.17) is 4.74 Å². The molecule has 0 unspecified atom stereocenters. The zero-order valence-corrected chi connectivity index (χ0v) is 17.6. The highest BCUT2D eigenvalue weighted by atomic mass is 79.9. The number of nitrogens with one attached hydrogen (secondary N) is 1. The lowest BCUT2D eigenvalue weighted by atomic mass is 10.1. The largest absolute Gasteiger partial charge is 0.483 e. The molecule has 0 aliphatic heterocycles. The lowest BCUT2D eigenvalue weighted by molar-refractivity contribution is -0.118. The molecule has 6 heteroatoms. The van der Waals surface area contributed by atoms with Crippen molar-refractivity contribution in [3.05, 3.63) is 94.5 Å². The fourth-order valence-corrected chi connectivity index (χ4v) is 3.04. The maximum atomic E-state index is 12.9. The van der Waals surface area contributed by atoms with Crippen molar-refractivity contribution in [2.75, 3.05) is 19.0 Å². The van der Waals surface area contributed by atoms with Crippen LogP contribution >= 0.6 is 15.9 Å². The van der Waals surface area contributed by atoms with Gasteiger partial charge in [0.2, 0.25) is 0 Å². The van der Waals surface area contributed by atoms with Gasteiger partial charge in [0.05, 0.1) is 5.56 Å². The molecule has 3 aromatic carbocycles. The summed E-state index contributed by atoms with van der Waals surface area (Å²) in [7, 11) is 1.74. The summed E-state index contributed by atoms with van der Waals surface area (Å²) in [5.74, 6) is -0.0895. The van der Waals surface area contributed by atoms with Crippen molar-refractivity contribution in [2.24, 2.45) is 0 Å². The summed E-state index contributed by atoms with van der Waals surface area (Å²) in [6.07, 6.45) is 0. The van der Waals surface area contributed by atoms with Crippen molar-refractivity contribution in [1.29, 1.82) is 0 Å². The third-order valence-corrected chi connectivity index (χ3v) is 4.74. The predicted molar refractivity (Wildman–Crippen MR) is 117 cm³/mol. The van der Waals surface area contributed by atoms with Gasteiger partial charge in [0, 0.05) is 23.8 Å². The van der Waals surface area contributed by atoms with Gasteiger partial charge in [-0.3, -0.25) is 9.59 Å². The second-order valence-corrected chi connectivity index (χ2v) is 7.40. The minimum absolute atomic E-state index is 0.169. The van der Waals surface area contributed by atoms with Gasteiger partial charge in [-0.15, -0.1) is 0 Å². The molecule has 3 rings (SSSR count). The molecule has 0 spiro atoms. The van der Waals surface area contributed by atoms with Crippen molar-refractivity contribution in [3.63, 3.8) is 0 Å². The summed E-state index contributed by atoms with van der Waals surface area (Å²) in [5, 5.41) is 2.76. The number of amides is 2. The maximum Gasteiger partial charge on any atom is 0.262 e. The average molecular weight is 453 g/mol. The summed E-state index contributed by atoms with van der Waals surface area (Å²) in [4.78, 5) is 26.7. The van der Waals surface area contributed by atoms with Crippen molar-refractivity contribution in [1.82, 2.24) is 4.90 Å². The molecular weight excluding hydrogens is 432 g/mol. The summed E-state index contributed by atoms with van der Waals surface area (Å²) >= 11 is 3.35. The summed E-state index contributed by atoms with van der Waals surface area (Å²) in [6, 6.07) is 24.0. The number of hydrogen-bond acceptors (Lipinski definition) is 3. The Morgan fingerprint density at radius 3 is 2.31 bits per heavy atom. The molecule has 1 N–H and O–H groups in total. The minimum atomic E-state index is -0.299. The van der Waals surface area contributed by atoms with Crippen molar-refractivity contribution < 1.29 is 14.3 Å². The standard InChI is InChI=1S/C23H21BrN2O3/c1-26(15-17-7-3-2-4-8-17)23(28)20-9-5-6-10-21(20)29-16-22(27)25-19-13-11-18(24)12-14-19/h2-14H,15-16H2,1H3,(H,25,27). The molecular formula is C23H21BrN2O3. The number of halogens is 1. The normalized spacial score (nSPS) is 10.3. The van der Waals surface area contributed by atoms with E-state index in [0.717, 1.165) is 10.0 Å². The van der Waals surface area contributed by atoms with E-state index in [0.29, 0.717) is 23.5 Å². The van der Waals surface area contributed by atoms with Crippen LogP contribution in [0.25, 0.3) is 0 Å². The highest BCUT2D eigenvalue weighted by Gasteiger charge is 2.17. The van der Waals surface area contributed by atoms with E-state index < -0.39 is 0 Å². The molecule has 0 aliphatic carbocycles. The van der Waals surface area contributed by atoms with E-state index in [9.17, 15) is 9.59 Å². The number of anilines is 1. The van der Waals surface area contributed by atoms with Crippen LogP contribution in [0, 0.1) is 0 Å². The molecule has 0 fully saturated rings. The first kappa shape index (κ1) is 20.6. The number of rotatable bonds is 7. The van der Waals surface area contributed by atoms with Gasteiger partial charge >= 0.3 is 0 Å². The Hall–Kier alpha value is -3.12. The Balaban J connectivity index is 1.62. The van der Waals surface area contributed by atoms with Gasteiger partial charge in [-0.1, -0.05) is 58.4 Å². The molecule has 0 radical (unpaired) electrons. The fourth-order valence-electron chi connectivity index (χ4n) is 2.78. The highest BCUT2D eigenvalue weighted by Crippen LogP contribution is 2.21. The number of benzene rings is 3. The Labute approximate surface area is 178 Å². The van der Waals surface area contributed by atoms with E-state index in [1.165, 1.54) is 0 Å². The third-order valence-electron chi connectivity index (χ3n) is 4.21. The number of carbonyl (C=O) groups excluding carboxylic acids is 2. The lowest BCUT2D eigenvalue weighted by Gasteiger charge is -2.19. The van der Waals surface area contributed by atoms with E-state index >= 15 is 0 Å². The van der Waals surface area contributed by atoms with Crippen LogP contribution in [0.4, 0.5) is 5.69 Å². The van der Waals surface area contributed by atoms with Crippen LogP contribution in [0.15, 0.2) is 83.3 Å². The average Bonchev–Trinajstić information content (AvgIpc) is 2.74. The van der Waals surface area contributed by atoms with Crippen molar-refractivity contribution in [2.45, 2.75) is 6.54 Å². The van der Waals surface area contributed by atoms with E-state index in [2.05, 4.69) is 21.2 Å². The zero-order valence-electron chi connectivity index (χ0n) is 16.0. The van der Waals surface area contributed by atoms with E-state index in [-0.39, 0.29) is 18.4 Å². The summed E-state index contributed by atoms with van der Waals surface area (Å²) in [5.41, 5.74) is 2.13. The van der Waals surface area contributed by atoms with Crippen LogP contribution < -0.4 is 10.1 Å². The van der Waals surface area contributed by atoms with Gasteiger partial charge in [-0.25, -0.2) is 0 Å². The monoisotopic (exact) mass is 452 g/mol. The van der Waals surface area contributed by atoms with E-state index in [1.54, 1.807) is 48.3 Å². The molecule has 5 nitrogen and oxygen atoms in total. The third kappa shape index (κ3) is 5.93. The Bertz CT molecular complexity index is 975. The first-order valence-corrected chi connectivity index (χ1v) is 9.89. The molecule has 0 aliphatic rings. The van der Waals surface area contributed by atoms with Crippen molar-refractivity contribution >= 4 is 33.4 Å². The van der Waals surface area contributed by atoms with Crippen LogP contribution in [0.1, 0.15) is 15.9 Å². The Morgan fingerprint density at radius 2 is 1.59 bits per heavy atom. The van der Waals surface area contributed by atoms with Gasteiger partial charge in [-0.2, -0.15) is 0 Å². The fraction of sp³-hybridized carbons (Fsp3) is 0.130. The van der Waals surface area contributed by atoms with Crippen LogP contribution in [0.3, 0.4) is 0 Å². The number of nitrogens with zero attached hydrogens (tertiary/aromatic N) is 1. The molecule has 0 aromatic heterocycles. The smallest absolute Gasteiger partial charge is 0.262 e. The minimum Gasteiger partial charge on any atom is -0.483 e. The summed E-state index contributed by atoms with van der Waals surface area (Å²) < 4.78 is 6.58. The molecule has 29 heavy (non-hydrogen) atoms. The first-order valence-electron chi connectivity index (χ1n) is 9.09. The van der Waals surface area contributed by atoms with Gasteiger partial charge in [0.15, 0.2) is 6.61 Å². The van der Waals surface area contributed by atoms with Crippen molar-refractivity contribution in [3.8, 4) is 5.75 Å². The molecule has 0 atom stereocenters. The van der Waals surface area contributed by atoms with Gasteiger partial charge < -0.3 is 15.0 Å². The van der Waals surface area contributed by atoms with Gasteiger partial charge in [0.1, 0.15) is 5.75 Å². The Morgan fingerprint density at radius 1 is 0.931 bits per heavy atom. The number of hydrogen-bond donors (Lipinski definition) is 1. The number of carbonyl (C=O) groups is 2. The van der Waals surface area contributed by atoms with Crippen LogP contribution in [-0.4, -0.2) is 30.4 Å². The second-order valence-electron chi connectivity index (χ2n) is 6.49. The van der Waals surface area contributed by atoms with E-state index in [1.807, 2.05) is 42.5 Å². The topological polar surface area (TPSA) is 58.6 Å². The highest BCUT2D eigenvalue weighted by molar-refractivity contribution is 9.10. The summed E-state index contributed by atoms with van der Waals surface area (Å²) in [6.45, 7) is 0.292.